The minimum absolute atomic E-state index is 0.138. The van der Waals surface area contributed by atoms with Gasteiger partial charge in [0, 0.05) is 24.9 Å². The molecular weight excluding hydrogens is 587 g/mol. The summed E-state index contributed by atoms with van der Waals surface area (Å²) in [7, 11) is 0. The van der Waals surface area contributed by atoms with Gasteiger partial charge in [0.05, 0.1) is 46.1 Å². The largest absolute Gasteiger partial charge is 0.434 e. The highest BCUT2D eigenvalue weighted by atomic mass is 35.5. The van der Waals surface area contributed by atoms with Crippen molar-refractivity contribution in [2.24, 2.45) is 11.8 Å². The van der Waals surface area contributed by atoms with Crippen LogP contribution in [0, 0.1) is 31.5 Å². The maximum Gasteiger partial charge on any atom is 0.387 e. The average Bonchev–Trinajstić information content (AvgIpc) is 3.47. The molecule has 0 bridgehead atoms. The lowest BCUT2D eigenvalue weighted by Crippen LogP contribution is -2.29. The van der Waals surface area contributed by atoms with Crippen LogP contribution in [0.1, 0.15) is 46.7 Å². The molecule has 4 heterocycles. The molecule has 0 spiro atoms. The highest BCUT2D eigenvalue weighted by Gasteiger charge is 2.53. The summed E-state index contributed by atoms with van der Waals surface area (Å²) in [5, 5.41) is 6.72. The van der Waals surface area contributed by atoms with E-state index in [0.717, 1.165) is 35.9 Å². The van der Waals surface area contributed by atoms with Crippen molar-refractivity contribution in [1.82, 2.24) is 24.7 Å². The number of benzene rings is 1. The van der Waals surface area contributed by atoms with Gasteiger partial charge >= 0.3 is 6.61 Å². The summed E-state index contributed by atoms with van der Waals surface area (Å²) < 4.78 is 46.9. The van der Waals surface area contributed by atoms with Gasteiger partial charge in [0.1, 0.15) is 17.3 Å². The van der Waals surface area contributed by atoms with Crippen molar-refractivity contribution in [3.63, 3.8) is 0 Å². The van der Waals surface area contributed by atoms with Crippen molar-refractivity contribution in [3.05, 3.63) is 76.3 Å². The first-order valence-corrected chi connectivity index (χ1v) is 13.8. The molecule has 1 aromatic carbocycles. The molecule has 3 atom stereocenters. The van der Waals surface area contributed by atoms with E-state index in [0.29, 0.717) is 24.0 Å². The van der Waals surface area contributed by atoms with Gasteiger partial charge in [0.25, 0.3) is 5.91 Å². The van der Waals surface area contributed by atoms with E-state index in [1.807, 2.05) is 19.9 Å². The van der Waals surface area contributed by atoms with E-state index in [1.165, 1.54) is 13.1 Å². The lowest BCUT2D eigenvalue weighted by Gasteiger charge is -2.21. The number of piperidine rings is 1. The fourth-order valence-electron chi connectivity index (χ4n) is 5.28. The van der Waals surface area contributed by atoms with Crippen molar-refractivity contribution in [2.75, 3.05) is 16.8 Å². The second-order valence-corrected chi connectivity index (χ2v) is 11.0. The highest BCUT2D eigenvalue weighted by Crippen LogP contribution is 2.47. The van der Waals surface area contributed by atoms with Gasteiger partial charge < -0.3 is 10.1 Å². The maximum absolute atomic E-state index is 14.9. The number of anilines is 2. The number of aromatic nitrogens is 5. The number of hydrogen-bond acceptors (Lipinski definition) is 7. The van der Waals surface area contributed by atoms with Gasteiger partial charge in [-0.1, -0.05) is 11.6 Å². The Morgan fingerprint density at radius 2 is 1.98 bits per heavy atom. The number of aryl methyl sites for hydroxylation is 2. The summed E-state index contributed by atoms with van der Waals surface area (Å²) in [6, 6.07) is 3.88. The molecule has 1 N–H and O–H groups in total. The number of halogens is 4. The number of rotatable bonds is 8. The molecule has 1 saturated carbocycles. The minimum atomic E-state index is -3.23. The summed E-state index contributed by atoms with van der Waals surface area (Å²) in [5.41, 5.74) is 1.49. The fraction of sp³-hybridized carbons (Fsp3) is 0.310. The number of carbonyl (C=O) groups excluding carboxylic acids is 2. The van der Waals surface area contributed by atoms with Crippen LogP contribution in [-0.2, 0) is 4.79 Å². The third-order valence-electron chi connectivity index (χ3n) is 7.69. The third-order valence-corrected chi connectivity index (χ3v) is 7.98. The summed E-state index contributed by atoms with van der Waals surface area (Å²) >= 11 is 5.87. The molecule has 2 aliphatic rings. The SMILES string of the molecule is Cc1cc(C(C)n2cc(NC(=O)c3nc(-c4c(OC(F)F)ccc(Cl)c4F)cnc3C)cn2)cnc1N1C[C@H]2C[C@H]2C1=O. The second kappa shape index (κ2) is 11.0. The van der Waals surface area contributed by atoms with Crippen LogP contribution < -0.4 is 15.0 Å². The van der Waals surface area contributed by atoms with Crippen LogP contribution in [-0.4, -0.2) is 49.7 Å². The van der Waals surface area contributed by atoms with Gasteiger partial charge in [-0.15, -0.1) is 0 Å². The molecule has 3 aromatic heterocycles. The van der Waals surface area contributed by atoms with E-state index in [-0.39, 0.29) is 40.0 Å². The molecule has 0 radical (unpaired) electrons. The summed E-state index contributed by atoms with van der Waals surface area (Å²) in [6.07, 6.45) is 6.91. The first kappa shape index (κ1) is 28.6. The van der Waals surface area contributed by atoms with E-state index in [1.54, 1.807) is 22.0 Å². The fourth-order valence-corrected chi connectivity index (χ4v) is 5.43. The monoisotopic (exact) mass is 611 g/mol. The number of ether oxygens (including phenoxy) is 1. The lowest BCUT2D eigenvalue weighted by molar-refractivity contribution is -0.118. The third kappa shape index (κ3) is 5.40. The van der Waals surface area contributed by atoms with Gasteiger partial charge in [-0.05, 0) is 62.4 Å². The molecule has 1 unspecified atom stereocenters. The Morgan fingerprint density at radius 1 is 1.19 bits per heavy atom. The molecule has 222 valence electrons. The predicted molar refractivity (Wildman–Crippen MR) is 151 cm³/mol. The van der Waals surface area contributed by atoms with E-state index >= 15 is 0 Å². The number of carbonyl (C=O) groups is 2. The van der Waals surface area contributed by atoms with Gasteiger partial charge in [-0.3, -0.25) is 24.2 Å². The molecule has 14 heteroatoms. The van der Waals surface area contributed by atoms with Crippen LogP contribution in [0.5, 0.6) is 5.75 Å². The van der Waals surface area contributed by atoms with E-state index in [4.69, 9.17) is 11.6 Å². The van der Waals surface area contributed by atoms with Crippen LogP contribution in [0.15, 0.2) is 43.0 Å². The molecule has 10 nitrogen and oxygen atoms in total. The van der Waals surface area contributed by atoms with Crippen molar-refractivity contribution in [3.8, 4) is 17.0 Å². The zero-order valence-electron chi connectivity index (χ0n) is 23.2. The smallest absolute Gasteiger partial charge is 0.387 e. The number of fused-ring (bicyclic) bond motifs is 1. The average molecular weight is 612 g/mol. The molecule has 43 heavy (non-hydrogen) atoms. The van der Waals surface area contributed by atoms with Crippen LogP contribution in [0.25, 0.3) is 11.3 Å². The Balaban J connectivity index is 1.20. The number of nitrogens with zero attached hydrogens (tertiary/aromatic N) is 6. The number of hydrogen-bond donors (Lipinski definition) is 1. The molecule has 6 rings (SSSR count). The van der Waals surface area contributed by atoms with Crippen LogP contribution in [0.3, 0.4) is 0 Å². The Labute approximate surface area is 248 Å². The van der Waals surface area contributed by atoms with Crippen LogP contribution in [0.2, 0.25) is 5.02 Å². The van der Waals surface area contributed by atoms with Crippen LogP contribution in [0.4, 0.5) is 24.7 Å². The molecule has 2 amide bonds. The second-order valence-electron chi connectivity index (χ2n) is 10.6. The van der Waals surface area contributed by atoms with E-state index in [9.17, 15) is 22.8 Å². The minimum Gasteiger partial charge on any atom is -0.434 e. The summed E-state index contributed by atoms with van der Waals surface area (Å²) in [4.78, 5) is 40.3. The van der Waals surface area contributed by atoms with Gasteiger partial charge in [-0.2, -0.15) is 13.9 Å². The molecule has 1 saturated heterocycles. The lowest BCUT2D eigenvalue weighted by atomic mass is 10.1. The summed E-state index contributed by atoms with van der Waals surface area (Å²) in [5.74, 6) is -0.821. The number of amides is 2. The first-order valence-electron chi connectivity index (χ1n) is 13.4. The predicted octanol–water partition coefficient (Wildman–Crippen LogP) is 5.59. The number of pyridine rings is 1. The quantitative estimate of drug-likeness (QED) is 0.276. The van der Waals surface area contributed by atoms with Gasteiger partial charge in [-0.25, -0.2) is 14.4 Å². The topological polar surface area (TPSA) is 115 Å². The summed E-state index contributed by atoms with van der Waals surface area (Å²) in [6.45, 7) is 2.85. The zero-order valence-corrected chi connectivity index (χ0v) is 23.9. The van der Waals surface area contributed by atoms with Crippen molar-refractivity contribution in [2.45, 2.75) is 39.8 Å². The van der Waals surface area contributed by atoms with Crippen LogP contribution >= 0.6 is 11.6 Å². The Kier molecular flexibility index (Phi) is 7.28. The highest BCUT2D eigenvalue weighted by molar-refractivity contribution is 6.31. The zero-order chi connectivity index (χ0) is 30.6. The Morgan fingerprint density at radius 3 is 2.67 bits per heavy atom. The molecule has 1 aliphatic carbocycles. The van der Waals surface area contributed by atoms with Crippen molar-refractivity contribution in [1.29, 1.82) is 0 Å². The first-order chi connectivity index (χ1) is 20.5. The normalized spacial score (nSPS) is 18.1. The number of alkyl halides is 2. The maximum atomic E-state index is 14.9. The van der Waals surface area contributed by atoms with Crippen molar-refractivity contribution >= 4 is 34.9 Å². The van der Waals surface area contributed by atoms with Crippen molar-refractivity contribution < 1.29 is 27.5 Å². The van der Waals surface area contributed by atoms with Gasteiger partial charge in [0.2, 0.25) is 5.91 Å². The van der Waals surface area contributed by atoms with E-state index < -0.39 is 29.6 Å². The Hall–Kier alpha value is -4.52. The number of nitrogens with one attached hydrogen (secondary N) is 1. The molecule has 2 fully saturated rings. The standard InChI is InChI=1S/C29H25ClF3N7O3/c1-13-6-16(8-35-26(13)39-11-17-7-19(17)28(39)42)15(3)40-12-18(9-36-40)37-27(41)25-14(2)34-10-21(38-25)23-22(43-29(32)33)5-4-20(30)24(23)31/h4-6,8-10,12,15,17,19,29H,7,11H2,1-3H3,(H,37,41)/t15?,17-,19-/m1/s1. The van der Waals surface area contributed by atoms with E-state index in [2.05, 4.69) is 30.1 Å². The molecule has 1 aliphatic heterocycles. The Bertz CT molecular complexity index is 1770. The van der Waals surface area contributed by atoms with Gasteiger partial charge in [0.15, 0.2) is 5.82 Å². The molecular formula is C29H25ClF3N7O3. The molecule has 4 aromatic rings.